The van der Waals surface area contributed by atoms with E-state index in [1.807, 2.05) is 0 Å². The highest BCUT2D eigenvalue weighted by molar-refractivity contribution is 7.99. The molecule has 0 saturated carbocycles. The van der Waals surface area contributed by atoms with Crippen molar-refractivity contribution in [3.8, 4) is 0 Å². The molecule has 0 aliphatic heterocycles. The summed E-state index contributed by atoms with van der Waals surface area (Å²) in [5, 5.41) is 11.2. The number of hydrogen-bond acceptors (Lipinski definition) is 3. The number of alkyl halides is 3. The Morgan fingerprint density at radius 1 is 1.43 bits per heavy atom. The van der Waals surface area contributed by atoms with Gasteiger partial charge in [-0.25, -0.2) is 4.39 Å². The number of carbonyl (C=O) groups excluding carboxylic acids is 1. The monoisotopic (exact) mass is 325 g/mol. The predicted octanol–water partition coefficient (Wildman–Crippen LogP) is 2.69. The van der Waals surface area contributed by atoms with Crippen LogP contribution in [0.15, 0.2) is 18.2 Å². The number of aliphatic hydroxyl groups excluding tert-OH is 1. The quantitative estimate of drug-likeness (QED) is 0.819. The Balaban J connectivity index is 2.97. The summed E-state index contributed by atoms with van der Waals surface area (Å²) >= 11 is 1.29. The van der Waals surface area contributed by atoms with Gasteiger partial charge in [-0.2, -0.15) is 24.9 Å². The summed E-state index contributed by atoms with van der Waals surface area (Å²) < 4.78 is 51.3. The molecule has 0 saturated heterocycles. The molecular weight excluding hydrogens is 310 g/mol. The highest BCUT2D eigenvalue weighted by Crippen LogP contribution is 2.30. The zero-order chi connectivity index (χ0) is 16.2. The van der Waals surface area contributed by atoms with Crippen LogP contribution in [-0.2, 0) is 6.18 Å². The Kier molecular flexibility index (Phi) is 6.03. The van der Waals surface area contributed by atoms with Gasteiger partial charge in [-0.15, -0.1) is 0 Å². The molecule has 1 amide bonds. The normalized spacial score (nSPS) is 14.6. The Bertz CT molecular complexity index is 503. The third-order valence-electron chi connectivity index (χ3n) is 2.94. The standard InChI is InChI=1S/C13H15F4NO2S/c1-7(11(6-19)21-2)18-12(20)9-5-8(13(15,16)17)3-4-10(9)14/h3-5,7,11,19H,6H2,1-2H3,(H,18,20). The van der Waals surface area contributed by atoms with Crippen molar-refractivity contribution in [2.24, 2.45) is 0 Å². The average Bonchev–Trinajstić information content (AvgIpc) is 2.39. The maximum Gasteiger partial charge on any atom is 0.416 e. The molecule has 1 aromatic rings. The lowest BCUT2D eigenvalue weighted by molar-refractivity contribution is -0.137. The van der Waals surface area contributed by atoms with E-state index in [9.17, 15) is 22.4 Å². The molecule has 118 valence electrons. The van der Waals surface area contributed by atoms with Gasteiger partial charge in [-0.05, 0) is 31.4 Å². The van der Waals surface area contributed by atoms with E-state index in [4.69, 9.17) is 5.11 Å². The second-order valence-electron chi connectivity index (χ2n) is 4.41. The van der Waals surface area contributed by atoms with Crippen molar-refractivity contribution in [1.82, 2.24) is 5.32 Å². The van der Waals surface area contributed by atoms with Crippen LogP contribution in [0.4, 0.5) is 17.6 Å². The van der Waals surface area contributed by atoms with Gasteiger partial charge in [-0.1, -0.05) is 0 Å². The van der Waals surface area contributed by atoms with Gasteiger partial charge in [0.1, 0.15) is 5.82 Å². The second kappa shape index (κ2) is 7.13. The minimum atomic E-state index is -4.65. The molecule has 0 bridgehead atoms. The van der Waals surface area contributed by atoms with Crippen LogP contribution in [0.3, 0.4) is 0 Å². The summed E-state index contributed by atoms with van der Waals surface area (Å²) in [6, 6.07) is 1.14. The Hall–Kier alpha value is -1.28. The minimum absolute atomic E-state index is 0.215. The molecule has 2 unspecified atom stereocenters. The minimum Gasteiger partial charge on any atom is -0.395 e. The third-order valence-corrected chi connectivity index (χ3v) is 4.10. The van der Waals surface area contributed by atoms with Gasteiger partial charge in [-0.3, -0.25) is 4.79 Å². The van der Waals surface area contributed by atoms with Crippen LogP contribution in [0.25, 0.3) is 0 Å². The van der Waals surface area contributed by atoms with Crippen molar-refractivity contribution in [2.45, 2.75) is 24.4 Å². The predicted molar refractivity (Wildman–Crippen MR) is 72.7 cm³/mol. The van der Waals surface area contributed by atoms with E-state index in [0.29, 0.717) is 18.2 Å². The topological polar surface area (TPSA) is 49.3 Å². The van der Waals surface area contributed by atoms with Gasteiger partial charge in [0.05, 0.1) is 17.7 Å². The molecule has 3 nitrogen and oxygen atoms in total. The number of hydrogen-bond donors (Lipinski definition) is 2. The number of benzene rings is 1. The Labute approximate surface area is 123 Å². The van der Waals surface area contributed by atoms with Crippen LogP contribution >= 0.6 is 11.8 Å². The molecule has 1 rings (SSSR count). The molecule has 8 heteroatoms. The fourth-order valence-electron chi connectivity index (χ4n) is 1.69. The van der Waals surface area contributed by atoms with E-state index >= 15 is 0 Å². The first kappa shape index (κ1) is 17.8. The van der Waals surface area contributed by atoms with Crippen molar-refractivity contribution < 1.29 is 27.5 Å². The molecule has 0 radical (unpaired) electrons. The van der Waals surface area contributed by atoms with Gasteiger partial charge in [0.15, 0.2) is 0 Å². The van der Waals surface area contributed by atoms with Gasteiger partial charge in [0, 0.05) is 11.3 Å². The van der Waals surface area contributed by atoms with E-state index in [2.05, 4.69) is 5.32 Å². The fourth-order valence-corrected chi connectivity index (χ4v) is 2.32. The first-order valence-electron chi connectivity index (χ1n) is 6.02. The SMILES string of the molecule is CSC(CO)C(C)NC(=O)c1cc(C(F)(F)F)ccc1F. The van der Waals surface area contributed by atoms with Crippen LogP contribution in [0.1, 0.15) is 22.8 Å². The summed E-state index contributed by atoms with van der Waals surface area (Å²) in [6.45, 7) is 1.37. The highest BCUT2D eigenvalue weighted by atomic mass is 32.2. The number of halogens is 4. The van der Waals surface area contributed by atoms with Gasteiger partial charge in [0.2, 0.25) is 0 Å². The molecule has 0 spiro atoms. The summed E-state index contributed by atoms with van der Waals surface area (Å²) in [5.41, 5.74) is -1.76. The molecule has 1 aromatic carbocycles. The number of carbonyl (C=O) groups is 1. The molecule has 2 N–H and O–H groups in total. The van der Waals surface area contributed by atoms with Gasteiger partial charge < -0.3 is 10.4 Å². The van der Waals surface area contributed by atoms with E-state index in [0.717, 1.165) is 0 Å². The van der Waals surface area contributed by atoms with Crippen molar-refractivity contribution in [3.63, 3.8) is 0 Å². The molecule has 21 heavy (non-hydrogen) atoms. The van der Waals surface area contributed by atoms with Crippen molar-refractivity contribution >= 4 is 17.7 Å². The lowest BCUT2D eigenvalue weighted by Gasteiger charge is -2.21. The summed E-state index contributed by atoms with van der Waals surface area (Å²) in [7, 11) is 0. The smallest absolute Gasteiger partial charge is 0.395 e. The lowest BCUT2D eigenvalue weighted by Crippen LogP contribution is -2.41. The van der Waals surface area contributed by atoms with Crippen LogP contribution in [0, 0.1) is 5.82 Å². The van der Waals surface area contributed by atoms with Crippen LogP contribution in [-0.4, -0.2) is 35.2 Å². The van der Waals surface area contributed by atoms with Crippen molar-refractivity contribution in [1.29, 1.82) is 0 Å². The van der Waals surface area contributed by atoms with Crippen LogP contribution < -0.4 is 5.32 Å². The lowest BCUT2D eigenvalue weighted by atomic mass is 10.1. The first-order chi connectivity index (χ1) is 9.70. The third kappa shape index (κ3) is 4.60. The Morgan fingerprint density at radius 3 is 2.52 bits per heavy atom. The van der Waals surface area contributed by atoms with Gasteiger partial charge in [0.25, 0.3) is 5.91 Å². The van der Waals surface area contributed by atoms with Crippen LogP contribution in [0.2, 0.25) is 0 Å². The number of nitrogens with one attached hydrogen (secondary N) is 1. The van der Waals surface area contributed by atoms with Crippen LogP contribution in [0.5, 0.6) is 0 Å². The highest BCUT2D eigenvalue weighted by Gasteiger charge is 2.32. The van der Waals surface area contributed by atoms with E-state index in [1.54, 1.807) is 13.2 Å². The number of rotatable bonds is 5. The number of aliphatic hydroxyl groups is 1. The first-order valence-corrected chi connectivity index (χ1v) is 7.30. The molecule has 0 aliphatic carbocycles. The zero-order valence-electron chi connectivity index (χ0n) is 11.4. The maximum absolute atomic E-state index is 13.5. The van der Waals surface area contributed by atoms with Gasteiger partial charge >= 0.3 is 6.18 Å². The molecule has 2 atom stereocenters. The molecule has 0 aliphatic rings. The largest absolute Gasteiger partial charge is 0.416 e. The number of thioether (sulfide) groups is 1. The van der Waals surface area contributed by atoms with Crippen molar-refractivity contribution in [3.05, 3.63) is 35.1 Å². The molecule has 0 aromatic heterocycles. The van der Waals surface area contributed by atoms with Crippen molar-refractivity contribution in [2.75, 3.05) is 12.9 Å². The van der Waals surface area contributed by atoms with E-state index in [-0.39, 0.29) is 11.9 Å². The summed E-state index contributed by atoms with van der Waals surface area (Å²) in [4.78, 5) is 11.9. The maximum atomic E-state index is 13.5. The Morgan fingerprint density at radius 2 is 2.05 bits per heavy atom. The summed E-state index contributed by atoms with van der Waals surface area (Å²) in [6.07, 6.45) is -2.93. The molecule has 0 fully saturated rings. The second-order valence-corrected chi connectivity index (χ2v) is 5.49. The van der Waals surface area contributed by atoms with E-state index < -0.39 is 35.1 Å². The molecule has 0 heterocycles. The summed E-state index contributed by atoms with van der Waals surface area (Å²) in [5.74, 6) is -1.98. The zero-order valence-corrected chi connectivity index (χ0v) is 12.2. The average molecular weight is 325 g/mol. The molecular formula is C13H15F4NO2S. The fraction of sp³-hybridized carbons (Fsp3) is 0.462. The van der Waals surface area contributed by atoms with E-state index in [1.165, 1.54) is 11.8 Å². The number of amides is 1.